The normalized spacial score (nSPS) is 14.0. The molecule has 0 aliphatic carbocycles. The van der Waals surface area contributed by atoms with Crippen LogP contribution in [0.4, 0.5) is 0 Å². The Morgan fingerprint density at radius 3 is 2.19 bits per heavy atom. The molecule has 1 aromatic carbocycles. The van der Waals surface area contributed by atoms with E-state index >= 15 is 0 Å². The van der Waals surface area contributed by atoms with Crippen LogP contribution in [0.3, 0.4) is 0 Å². The van der Waals surface area contributed by atoms with Crippen molar-refractivity contribution in [2.24, 2.45) is 0 Å². The molecule has 0 aromatic heterocycles. The third-order valence-electron chi connectivity index (χ3n) is 3.14. The average molecular weight is 217 g/mol. The van der Waals surface area contributed by atoms with Crippen molar-refractivity contribution in [2.75, 3.05) is 7.05 Å². The molecule has 0 saturated carbocycles. The van der Waals surface area contributed by atoms with Crippen molar-refractivity contribution in [3.63, 3.8) is 0 Å². The third kappa shape index (κ3) is 2.88. The Kier molecular flexibility index (Phi) is 4.60. The minimum absolute atomic E-state index is 0.478. The summed E-state index contributed by atoms with van der Waals surface area (Å²) in [5, 5.41) is 3.10. The minimum Gasteiger partial charge on any atom is -0.394 e. The molecule has 1 aromatic rings. The maximum absolute atomic E-state index is 3.10. The number of hydrogen-bond acceptors (Lipinski definition) is 1. The number of nitrogens with one attached hydrogen (secondary N) is 1. The zero-order valence-electron chi connectivity index (χ0n) is 11.0. The van der Waals surface area contributed by atoms with Crippen LogP contribution in [0.25, 0.3) is 0 Å². The van der Waals surface area contributed by atoms with Gasteiger partial charge in [0.25, 0.3) is 0 Å². The summed E-state index contributed by atoms with van der Waals surface area (Å²) in [4.78, 5) is 0. The summed E-state index contributed by atoms with van der Waals surface area (Å²) < 4.78 is 0. The summed E-state index contributed by atoms with van der Waals surface area (Å²) >= 11 is 0. The smallest absolute Gasteiger partial charge is 0.00371 e. The molecule has 0 bridgehead atoms. The molecule has 16 heavy (non-hydrogen) atoms. The van der Waals surface area contributed by atoms with Gasteiger partial charge < -0.3 is 5.32 Å². The molecule has 1 atom stereocenters. The lowest BCUT2D eigenvalue weighted by Gasteiger charge is -2.19. The number of allylic oxidation sites excluding steroid dienone is 1. The lowest BCUT2D eigenvalue weighted by molar-refractivity contribution is 0.798. The van der Waals surface area contributed by atoms with Crippen LogP contribution in [-0.2, 0) is 0 Å². The highest BCUT2D eigenvalue weighted by atomic mass is 14.8. The van der Waals surface area contributed by atoms with Gasteiger partial charge in [0, 0.05) is 13.0 Å². The highest BCUT2D eigenvalue weighted by Crippen LogP contribution is 2.30. The van der Waals surface area contributed by atoms with Gasteiger partial charge >= 0.3 is 0 Å². The molecular weight excluding hydrogens is 194 g/mol. The Hall–Kier alpha value is -1.24. The Balaban J connectivity index is 3.08. The van der Waals surface area contributed by atoms with E-state index < -0.39 is 0 Å². The van der Waals surface area contributed by atoms with Gasteiger partial charge in [-0.3, -0.25) is 0 Å². The summed E-state index contributed by atoms with van der Waals surface area (Å²) in [5.41, 5.74) is 4.27. The predicted molar refractivity (Wildman–Crippen MR) is 71.8 cm³/mol. The molecule has 0 aliphatic rings. The fourth-order valence-electron chi connectivity index (χ4n) is 2.03. The van der Waals surface area contributed by atoms with Crippen LogP contribution in [0.15, 0.2) is 36.0 Å². The topological polar surface area (TPSA) is 12.0 Å². The van der Waals surface area contributed by atoms with Gasteiger partial charge in [-0.15, -0.1) is 0 Å². The summed E-state index contributed by atoms with van der Waals surface area (Å²) in [5.74, 6) is 1.06. The van der Waals surface area contributed by atoms with Gasteiger partial charge in [-0.1, -0.05) is 50.6 Å². The first kappa shape index (κ1) is 12.8. The molecule has 0 saturated heterocycles. The van der Waals surface area contributed by atoms with Crippen LogP contribution < -0.4 is 5.32 Å². The summed E-state index contributed by atoms with van der Waals surface area (Å²) in [6.45, 7) is 8.95. The summed E-state index contributed by atoms with van der Waals surface area (Å²) in [7, 11) is 1.95. The fraction of sp³-hybridized carbons (Fsp3) is 0.467. The summed E-state index contributed by atoms with van der Waals surface area (Å²) in [6, 6.07) is 8.74. The molecule has 1 unspecified atom stereocenters. The van der Waals surface area contributed by atoms with Crippen LogP contribution in [-0.4, -0.2) is 7.05 Å². The molecule has 0 heterocycles. The first-order valence-corrected chi connectivity index (χ1v) is 6.00. The van der Waals surface area contributed by atoms with Gasteiger partial charge in [0.15, 0.2) is 0 Å². The summed E-state index contributed by atoms with van der Waals surface area (Å²) in [6.07, 6.45) is 2.09. The van der Waals surface area contributed by atoms with E-state index in [9.17, 15) is 0 Å². The van der Waals surface area contributed by atoms with Gasteiger partial charge in [0.2, 0.25) is 0 Å². The molecule has 88 valence electrons. The highest BCUT2D eigenvalue weighted by molar-refractivity contribution is 5.36. The monoisotopic (exact) mass is 217 g/mol. The van der Waals surface area contributed by atoms with E-state index in [1.165, 1.54) is 16.7 Å². The second-order valence-corrected chi connectivity index (χ2v) is 4.68. The molecular formula is C15H23N. The quantitative estimate of drug-likeness (QED) is 0.802. The first-order valence-electron chi connectivity index (χ1n) is 6.00. The van der Waals surface area contributed by atoms with Crippen molar-refractivity contribution < 1.29 is 0 Å². The molecule has 0 spiro atoms. The van der Waals surface area contributed by atoms with Crippen LogP contribution >= 0.6 is 0 Å². The van der Waals surface area contributed by atoms with E-state index in [0.29, 0.717) is 11.8 Å². The van der Waals surface area contributed by atoms with Gasteiger partial charge in [-0.05, 0) is 30.2 Å². The van der Waals surface area contributed by atoms with E-state index in [0.717, 1.165) is 0 Å². The highest BCUT2D eigenvalue weighted by Gasteiger charge is 2.13. The van der Waals surface area contributed by atoms with Crippen molar-refractivity contribution in [1.82, 2.24) is 5.32 Å². The van der Waals surface area contributed by atoms with Gasteiger partial charge in [-0.25, -0.2) is 0 Å². The van der Waals surface area contributed by atoms with Gasteiger partial charge in [-0.2, -0.15) is 0 Å². The Morgan fingerprint density at radius 1 is 1.12 bits per heavy atom. The predicted octanol–water partition coefficient (Wildman–Crippen LogP) is 4.04. The van der Waals surface area contributed by atoms with E-state index in [2.05, 4.69) is 63.5 Å². The number of rotatable bonds is 4. The average Bonchev–Trinajstić information content (AvgIpc) is 2.28. The third-order valence-corrected chi connectivity index (χ3v) is 3.14. The maximum Gasteiger partial charge on any atom is 0.00371 e. The van der Waals surface area contributed by atoms with E-state index in [4.69, 9.17) is 0 Å². The van der Waals surface area contributed by atoms with Crippen molar-refractivity contribution in [2.45, 2.75) is 39.5 Å². The zero-order chi connectivity index (χ0) is 12.1. The Bertz CT molecular complexity index is 363. The zero-order valence-corrected chi connectivity index (χ0v) is 11.0. The van der Waals surface area contributed by atoms with Crippen LogP contribution in [0.5, 0.6) is 0 Å². The standard InChI is InChI=1S/C15H23N/c1-11(2)14-8-6-7-9-15(14)13(4)12(3)10-16-5/h6-11,13,16H,1-5H3/b12-10+. The minimum atomic E-state index is 0.478. The van der Waals surface area contributed by atoms with Crippen molar-refractivity contribution in [1.29, 1.82) is 0 Å². The molecule has 1 rings (SSSR count). The van der Waals surface area contributed by atoms with E-state index in [-0.39, 0.29) is 0 Å². The number of benzene rings is 1. The SMILES string of the molecule is CN/C=C(\C)C(C)c1ccccc1C(C)C. The fourth-order valence-corrected chi connectivity index (χ4v) is 2.03. The molecule has 0 fully saturated rings. The van der Waals surface area contributed by atoms with Crippen LogP contribution in [0.1, 0.15) is 50.7 Å². The van der Waals surface area contributed by atoms with Gasteiger partial charge in [0.05, 0.1) is 0 Å². The van der Waals surface area contributed by atoms with E-state index in [1.54, 1.807) is 0 Å². The molecule has 1 N–H and O–H groups in total. The maximum atomic E-state index is 3.10. The first-order chi connectivity index (χ1) is 7.57. The van der Waals surface area contributed by atoms with Crippen LogP contribution in [0, 0.1) is 0 Å². The lowest BCUT2D eigenvalue weighted by Crippen LogP contribution is -2.05. The van der Waals surface area contributed by atoms with Crippen LogP contribution in [0.2, 0.25) is 0 Å². The molecule has 1 heteroatoms. The largest absolute Gasteiger partial charge is 0.394 e. The van der Waals surface area contributed by atoms with Gasteiger partial charge in [0.1, 0.15) is 0 Å². The Labute approximate surface area is 99.6 Å². The molecule has 0 radical (unpaired) electrons. The van der Waals surface area contributed by atoms with Crippen molar-refractivity contribution in [3.8, 4) is 0 Å². The van der Waals surface area contributed by atoms with Crippen molar-refractivity contribution >= 4 is 0 Å². The Morgan fingerprint density at radius 2 is 1.69 bits per heavy atom. The van der Waals surface area contributed by atoms with E-state index in [1.807, 2.05) is 7.05 Å². The van der Waals surface area contributed by atoms with Crippen molar-refractivity contribution in [3.05, 3.63) is 47.2 Å². The lowest BCUT2D eigenvalue weighted by atomic mass is 9.86. The second-order valence-electron chi connectivity index (χ2n) is 4.68. The number of hydrogen-bond donors (Lipinski definition) is 1. The molecule has 0 aliphatic heterocycles. The molecule has 1 nitrogen and oxygen atoms in total. The second kappa shape index (κ2) is 5.74. The molecule has 0 amide bonds.